The molecule has 0 amide bonds. The molecule has 0 bridgehead atoms. The van der Waals surface area contributed by atoms with E-state index in [1.807, 2.05) is 12.1 Å². The zero-order valence-corrected chi connectivity index (χ0v) is 11.0. The standard InChI is InChI=1S/C17H21F/c1-3-17(18)12-14-6-10-16(11-7-14)15-8-4-13(2)5-9-15/h3,6-7,10-13,15H,1,4-5,8-9H2,2H3. The van der Waals surface area contributed by atoms with Gasteiger partial charge in [0.15, 0.2) is 0 Å². The van der Waals surface area contributed by atoms with Crippen LogP contribution in [0.4, 0.5) is 4.39 Å². The van der Waals surface area contributed by atoms with Crippen molar-refractivity contribution in [3.63, 3.8) is 0 Å². The van der Waals surface area contributed by atoms with Crippen LogP contribution in [-0.4, -0.2) is 0 Å². The average Bonchev–Trinajstić information content (AvgIpc) is 2.40. The Morgan fingerprint density at radius 1 is 1.17 bits per heavy atom. The van der Waals surface area contributed by atoms with Crippen LogP contribution in [0.2, 0.25) is 0 Å². The average molecular weight is 244 g/mol. The monoisotopic (exact) mass is 244 g/mol. The molecule has 1 fully saturated rings. The van der Waals surface area contributed by atoms with Gasteiger partial charge in [-0.25, -0.2) is 4.39 Å². The van der Waals surface area contributed by atoms with Crippen molar-refractivity contribution in [3.05, 3.63) is 53.9 Å². The summed E-state index contributed by atoms with van der Waals surface area (Å²) in [5, 5.41) is 0. The number of halogens is 1. The van der Waals surface area contributed by atoms with Crippen LogP contribution in [-0.2, 0) is 0 Å². The van der Waals surface area contributed by atoms with Crippen molar-refractivity contribution in [2.45, 2.75) is 38.5 Å². The van der Waals surface area contributed by atoms with Gasteiger partial charge in [0, 0.05) is 0 Å². The highest BCUT2D eigenvalue weighted by molar-refractivity contribution is 5.54. The van der Waals surface area contributed by atoms with Crippen molar-refractivity contribution < 1.29 is 4.39 Å². The number of rotatable bonds is 3. The zero-order valence-electron chi connectivity index (χ0n) is 11.0. The minimum atomic E-state index is -0.283. The van der Waals surface area contributed by atoms with Gasteiger partial charge in [-0.1, -0.05) is 50.6 Å². The topological polar surface area (TPSA) is 0 Å². The summed E-state index contributed by atoms with van der Waals surface area (Å²) in [7, 11) is 0. The van der Waals surface area contributed by atoms with Crippen molar-refractivity contribution in [1.29, 1.82) is 0 Å². The molecule has 0 saturated heterocycles. The summed E-state index contributed by atoms with van der Waals surface area (Å²) < 4.78 is 13.1. The Morgan fingerprint density at radius 2 is 1.78 bits per heavy atom. The molecule has 0 atom stereocenters. The lowest BCUT2D eigenvalue weighted by molar-refractivity contribution is 0.348. The third kappa shape index (κ3) is 3.32. The molecule has 0 heterocycles. The van der Waals surface area contributed by atoms with Gasteiger partial charge in [0.1, 0.15) is 5.83 Å². The minimum absolute atomic E-state index is 0.283. The lowest BCUT2D eigenvalue weighted by Crippen LogP contribution is -2.10. The molecular weight excluding hydrogens is 223 g/mol. The van der Waals surface area contributed by atoms with Crippen LogP contribution in [0.3, 0.4) is 0 Å². The maximum Gasteiger partial charge on any atom is 0.123 e. The summed E-state index contributed by atoms with van der Waals surface area (Å²) in [5.41, 5.74) is 2.30. The van der Waals surface area contributed by atoms with Gasteiger partial charge in [-0.3, -0.25) is 0 Å². The molecule has 2 rings (SSSR count). The molecule has 0 aliphatic heterocycles. The van der Waals surface area contributed by atoms with Crippen LogP contribution in [0.15, 0.2) is 42.7 Å². The second-order valence-corrected chi connectivity index (χ2v) is 5.36. The Balaban J connectivity index is 2.06. The summed E-state index contributed by atoms with van der Waals surface area (Å²) in [6.45, 7) is 5.75. The van der Waals surface area contributed by atoms with Gasteiger partial charge in [-0.15, -0.1) is 0 Å². The number of benzene rings is 1. The first kappa shape index (κ1) is 13.1. The second-order valence-electron chi connectivity index (χ2n) is 5.36. The van der Waals surface area contributed by atoms with Gasteiger partial charge >= 0.3 is 0 Å². The Kier molecular flexibility index (Phi) is 4.35. The van der Waals surface area contributed by atoms with Gasteiger partial charge < -0.3 is 0 Å². The molecule has 0 aromatic heterocycles. The Morgan fingerprint density at radius 3 is 2.33 bits per heavy atom. The quantitative estimate of drug-likeness (QED) is 0.618. The van der Waals surface area contributed by atoms with Crippen molar-refractivity contribution in [2.75, 3.05) is 0 Å². The predicted octanol–water partition coefficient (Wildman–Crippen LogP) is 5.48. The van der Waals surface area contributed by atoms with Gasteiger partial charge in [-0.2, -0.15) is 0 Å². The van der Waals surface area contributed by atoms with E-state index in [9.17, 15) is 4.39 Å². The molecule has 1 aliphatic carbocycles. The molecule has 0 radical (unpaired) electrons. The SMILES string of the molecule is C=CC(F)=Cc1ccc(C2CCC(C)CC2)cc1. The molecule has 96 valence electrons. The van der Waals surface area contributed by atoms with E-state index >= 15 is 0 Å². The highest BCUT2D eigenvalue weighted by atomic mass is 19.1. The van der Waals surface area contributed by atoms with Crippen molar-refractivity contribution in [2.24, 2.45) is 5.92 Å². The lowest BCUT2D eigenvalue weighted by Gasteiger charge is -2.26. The summed E-state index contributed by atoms with van der Waals surface area (Å²) >= 11 is 0. The molecule has 0 nitrogen and oxygen atoms in total. The fourth-order valence-electron chi connectivity index (χ4n) is 2.68. The highest BCUT2D eigenvalue weighted by Crippen LogP contribution is 2.35. The molecule has 0 unspecified atom stereocenters. The molecule has 1 aliphatic rings. The van der Waals surface area contributed by atoms with Gasteiger partial charge in [-0.05, 0) is 48.0 Å². The van der Waals surface area contributed by atoms with E-state index in [2.05, 4.69) is 25.6 Å². The third-order valence-corrected chi connectivity index (χ3v) is 3.92. The lowest BCUT2D eigenvalue weighted by atomic mass is 9.79. The van der Waals surface area contributed by atoms with Crippen LogP contribution < -0.4 is 0 Å². The maximum absolute atomic E-state index is 13.1. The van der Waals surface area contributed by atoms with E-state index in [-0.39, 0.29) is 5.83 Å². The van der Waals surface area contributed by atoms with Crippen molar-refractivity contribution >= 4 is 6.08 Å². The van der Waals surface area contributed by atoms with E-state index in [1.54, 1.807) is 0 Å². The summed E-state index contributed by atoms with van der Waals surface area (Å²) in [6, 6.07) is 8.28. The number of hydrogen-bond acceptors (Lipinski definition) is 0. The van der Waals surface area contributed by atoms with Crippen LogP contribution in [0.25, 0.3) is 6.08 Å². The van der Waals surface area contributed by atoms with E-state index in [0.29, 0.717) is 5.92 Å². The fraction of sp³-hybridized carbons (Fsp3) is 0.412. The van der Waals surface area contributed by atoms with Gasteiger partial charge in [0.25, 0.3) is 0 Å². The Hall–Kier alpha value is -1.37. The summed E-state index contributed by atoms with van der Waals surface area (Å²) in [6.07, 6.45) is 7.99. The normalized spacial score (nSPS) is 24.9. The van der Waals surface area contributed by atoms with Crippen LogP contribution in [0.5, 0.6) is 0 Å². The van der Waals surface area contributed by atoms with E-state index in [1.165, 1.54) is 43.4 Å². The predicted molar refractivity (Wildman–Crippen MR) is 76.1 cm³/mol. The van der Waals surface area contributed by atoms with Crippen LogP contribution >= 0.6 is 0 Å². The molecule has 0 N–H and O–H groups in total. The fourth-order valence-corrected chi connectivity index (χ4v) is 2.68. The van der Waals surface area contributed by atoms with E-state index in [4.69, 9.17) is 0 Å². The molecule has 0 spiro atoms. The van der Waals surface area contributed by atoms with Crippen LogP contribution in [0.1, 0.15) is 49.7 Å². The Labute approximate surface area is 109 Å². The first-order valence-electron chi connectivity index (χ1n) is 6.78. The summed E-state index contributed by atoms with van der Waals surface area (Å²) in [5.74, 6) is 1.29. The van der Waals surface area contributed by atoms with Crippen molar-refractivity contribution in [1.82, 2.24) is 0 Å². The molecule has 1 aromatic rings. The number of hydrogen-bond donors (Lipinski definition) is 0. The largest absolute Gasteiger partial charge is 0.207 e. The molecule has 1 heteroatoms. The molecule has 18 heavy (non-hydrogen) atoms. The second kappa shape index (κ2) is 5.99. The van der Waals surface area contributed by atoms with Gasteiger partial charge in [0.05, 0.1) is 0 Å². The Bertz CT molecular complexity index is 419. The van der Waals surface area contributed by atoms with Gasteiger partial charge in [0.2, 0.25) is 0 Å². The smallest absolute Gasteiger partial charge is 0.123 e. The van der Waals surface area contributed by atoms with E-state index in [0.717, 1.165) is 11.5 Å². The highest BCUT2D eigenvalue weighted by Gasteiger charge is 2.19. The maximum atomic E-state index is 13.1. The van der Waals surface area contributed by atoms with E-state index < -0.39 is 0 Å². The number of allylic oxidation sites excluding steroid dienone is 2. The zero-order chi connectivity index (χ0) is 13.0. The molecule has 1 saturated carbocycles. The van der Waals surface area contributed by atoms with Crippen molar-refractivity contribution in [3.8, 4) is 0 Å². The minimum Gasteiger partial charge on any atom is -0.207 e. The third-order valence-electron chi connectivity index (χ3n) is 3.92. The first-order valence-corrected chi connectivity index (χ1v) is 6.78. The molecular formula is C17H21F. The first-order chi connectivity index (χ1) is 8.69. The molecule has 1 aromatic carbocycles. The summed E-state index contributed by atoms with van der Waals surface area (Å²) in [4.78, 5) is 0. The van der Waals surface area contributed by atoms with Crippen LogP contribution in [0, 0.1) is 5.92 Å².